The molecule has 0 radical (unpaired) electrons. The lowest BCUT2D eigenvalue weighted by molar-refractivity contribution is 0.402. The standard InChI is InChI=1S/C18H12F2N2OS2/c1-10(24-11-6-7-13(19)14(20)8-11)17(23)12(9-21)18-22-15-4-2-3-5-16(15)25-18/h2-8,10,23H,1H3/b17-12-. The van der Waals surface area contributed by atoms with Gasteiger partial charge in [-0.2, -0.15) is 5.26 Å². The van der Waals surface area contributed by atoms with Crippen LogP contribution in [0.3, 0.4) is 0 Å². The number of nitriles is 1. The van der Waals surface area contributed by atoms with E-state index < -0.39 is 16.9 Å². The van der Waals surface area contributed by atoms with Crippen LogP contribution in [0.4, 0.5) is 8.78 Å². The average Bonchev–Trinajstić information content (AvgIpc) is 3.02. The molecular formula is C18H12F2N2OS2. The summed E-state index contributed by atoms with van der Waals surface area (Å²) in [6, 6.07) is 13.0. The van der Waals surface area contributed by atoms with Gasteiger partial charge >= 0.3 is 0 Å². The highest BCUT2D eigenvalue weighted by Gasteiger charge is 2.19. The summed E-state index contributed by atoms with van der Waals surface area (Å²) in [5, 5.41) is 19.8. The first-order valence-electron chi connectivity index (χ1n) is 7.30. The van der Waals surface area contributed by atoms with Gasteiger partial charge < -0.3 is 5.11 Å². The van der Waals surface area contributed by atoms with Gasteiger partial charge in [-0.3, -0.25) is 0 Å². The number of hydrogen-bond acceptors (Lipinski definition) is 5. The summed E-state index contributed by atoms with van der Waals surface area (Å²) >= 11 is 2.45. The van der Waals surface area contributed by atoms with Crippen molar-refractivity contribution in [1.82, 2.24) is 4.98 Å². The fourth-order valence-corrected chi connectivity index (χ4v) is 4.13. The molecule has 0 fully saturated rings. The zero-order valence-electron chi connectivity index (χ0n) is 13.0. The minimum Gasteiger partial charge on any atom is -0.510 e. The number of para-hydroxylation sites is 1. The zero-order chi connectivity index (χ0) is 18.0. The maximum Gasteiger partial charge on any atom is 0.159 e. The molecule has 1 unspecified atom stereocenters. The van der Waals surface area contributed by atoms with E-state index in [0.29, 0.717) is 9.90 Å². The smallest absolute Gasteiger partial charge is 0.159 e. The molecule has 3 aromatic rings. The second kappa shape index (κ2) is 7.21. The van der Waals surface area contributed by atoms with E-state index in [4.69, 9.17) is 0 Å². The number of rotatable bonds is 4. The number of hydrogen-bond donors (Lipinski definition) is 1. The maximum absolute atomic E-state index is 13.3. The number of allylic oxidation sites excluding steroid dienone is 1. The van der Waals surface area contributed by atoms with Gasteiger partial charge in [0.15, 0.2) is 11.6 Å². The van der Waals surface area contributed by atoms with Gasteiger partial charge in [0.1, 0.15) is 22.4 Å². The van der Waals surface area contributed by atoms with Crippen molar-refractivity contribution < 1.29 is 13.9 Å². The fourth-order valence-electron chi connectivity index (χ4n) is 2.21. The molecule has 0 amide bonds. The van der Waals surface area contributed by atoms with Crippen molar-refractivity contribution >= 4 is 38.9 Å². The minimum atomic E-state index is -0.952. The molecule has 0 aliphatic carbocycles. The quantitative estimate of drug-likeness (QED) is 0.370. The van der Waals surface area contributed by atoms with E-state index in [1.807, 2.05) is 30.3 Å². The molecule has 0 aliphatic heterocycles. The van der Waals surface area contributed by atoms with Crippen molar-refractivity contribution in [2.45, 2.75) is 17.1 Å². The Hall–Kier alpha value is -2.43. The molecule has 3 rings (SSSR count). The predicted octanol–water partition coefficient (Wildman–Crippen LogP) is 5.55. The van der Waals surface area contributed by atoms with Gasteiger partial charge in [0.05, 0.1) is 15.5 Å². The van der Waals surface area contributed by atoms with Crippen molar-refractivity contribution in [2.75, 3.05) is 0 Å². The number of thiazole rings is 1. The van der Waals surface area contributed by atoms with Crippen LogP contribution in [0.2, 0.25) is 0 Å². The Morgan fingerprint density at radius 3 is 2.68 bits per heavy atom. The number of aliphatic hydroxyl groups excluding tert-OH is 1. The van der Waals surface area contributed by atoms with E-state index in [2.05, 4.69) is 4.98 Å². The highest BCUT2D eigenvalue weighted by molar-refractivity contribution is 8.00. The van der Waals surface area contributed by atoms with Crippen LogP contribution in [0.15, 0.2) is 53.1 Å². The van der Waals surface area contributed by atoms with Gasteiger partial charge in [0.25, 0.3) is 0 Å². The first-order chi connectivity index (χ1) is 12.0. The van der Waals surface area contributed by atoms with Gasteiger partial charge in [0.2, 0.25) is 0 Å². The van der Waals surface area contributed by atoms with Crippen LogP contribution in [-0.4, -0.2) is 15.3 Å². The summed E-state index contributed by atoms with van der Waals surface area (Å²) in [7, 11) is 0. The third kappa shape index (κ3) is 3.65. The second-order valence-electron chi connectivity index (χ2n) is 5.19. The fraction of sp³-hybridized carbons (Fsp3) is 0.111. The Balaban J connectivity index is 1.92. The highest BCUT2D eigenvalue weighted by Crippen LogP contribution is 2.33. The molecule has 1 N–H and O–H groups in total. The second-order valence-corrected chi connectivity index (χ2v) is 7.64. The third-order valence-electron chi connectivity index (χ3n) is 3.46. The minimum absolute atomic E-state index is 0.0868. The van der Waals surface area contributed by atoms with Crippen LogP contribution in [0.1, 0.15) is 11.9 Å². The predicted molar refractivity (Wildman–Crippen MR) is 96.5 cm³/mol. The summed E-state index contributed by atoms with van der Waals surface area (Å²) in [6.45, 7) is 1.69. The number of aromatic nitrogens is 1. The monoisotopic (exact) mass is 374 g/mol. The van der Waals surface area contributed by atoms with Crippen molar-refractivity contribution in [3.63, 3.8) is 0 Å². The number of halogens is 2. The molecular weight excluding hydrogens is 362 g/mol. The molecule has 0 bridgehead atoms. The first-order valence-corrected chi connectivity index (χ1v) is 9.00. The van der Waals surface area contributed by atoms with Crippen LogP contribution in [0, 0.1) is 23.0 Å². The van der Waals surface area contributed by atoms with Crippen molar-refractivity contribution in [3.05, 3.63) is 64.9 Å². The lowest BCUT2D eigenvalue weighted by atomic mass is 10.2. The maximum atomic E-state index is 13.3. The zero-order valence-corrected chi connectivity index (χ0v) is 14.7. The van der Waals surface area contributed by atoms with Crippen LogP contribution in [0.25, 0.3) is 15.8 Å². The highest BCUT2D eigenvalue weighted by atomic mass is 32.2. The van der Waals surface area contributed by atoms with E-state index in [1.54, 1.807) is 6.92 Å². The van der Waals surface area contributed by atoms with Crippen LogP contribution < -0.4 is 0 Å². The third-order valence-corrected chi connectivity index (χ3v) is 5.62. The van der Waals surface area contributed by atoms with Crippen molar-refractivity contribution in [2.24, 2.45) is 0 Å². The molecule has 7 heteroatoms. The number of benzene rings is 2. The molecule has 0 aliphatic rings. The van der Waals surface area contributed by atoms with Crippen molar-refractivity contribution in [1.29, 1.82) is 5.26 Å². The summed E-state index contributed by atoms with van der Waals surface area (Å²) in [6.07, 6.45) is 0. The van der Waals surface area contributed by atoms with Crippen molar-refractivity contribution in [3.8, 4) is 6.07 Å². The summed E-state index contributed by atoms with van der Waals surface area (Å²) < 4.78 is 27.2. The normalized spacial score (nSPS) is 13.4. The van der Waals surface area contributed by atoms with Gasteiger partial charge in [0, 0.05) is 4.90 Å². The average molecular weight is 374 g/mol. The Labute approximate surface area is 151 Å². The number of nitrogens with zero attached hydrogens (tertiary/aromatic N) is 2. The van der Waals surface area contributed by atoms with Crippen LogP contribution >= 0.6 is 23.1 Å². The molecule has 0 spiro atoms. The Morgan fingerprint density at radius 2 is 2.00 bits per heavy atom. The number of aliphatic hydroxyl groups is 1. The summed E-state index contributed by atoms with van der Waals surface area (Å²) in [5.74, 6) is -2.02. The Morgan fingerprint density at radius 1 is 1.24 bits per heavy atom. The summed E-state index contributed by atoms with van der Waals surface area (Å²) in [5.41, 5.74) is 0.841. The Kier molecular flexibility index (Phi) is 5.02. The molecule has 1 atom stereocenters. The van der Waals surface area contributed by atoms with Gasteiger partial charge in [-0.15, -0.1) is 23.1 Å². The number of thioether (sulfide) groups is 1. The molecule has 3 nitrogen and oxygen atoms in total. The molecule has 1 heterocycles. The van der Waals surface area contributed by atoms with Gasteiger partial charge in [-0.05, 0) is 37.3 Å². The lowest BCUT2D eigenvalue weighted by Gasteiger charge is -2.12. The lowest BCUT2D eigenvalue weighted by Crippen LogP contribution is -2.04. The molecule has 1 aromatic heterocycles. The topological polar surface area (TPSA) is 56.9 Å². The van der Waals surface area contributed by atoms with E-state index in [1.165, 1.54) is 17.4 Å². The van der Waals surface area contributed by atoms with E-state index in [-0.39, 0.29) is 11.3 Å². The van der Waals surface area contributed by atoms with E-state index in [9.17, 15) is 19.1 Å². The SMILES string of the molecule is CC(Sc1ccc(F)c(F)c1)/C(O)=C(\C#N)c1nc2ccccc2s1. The molecule has 126 valence electrons. The first kappa shape index (κ1) is 17.4. The van der Waals surface area contributed by atoms with Gasteiger partial charge in [-0.1, -0.05) is 12.1 Å². The molecule has 2 aromatic carbocycles. The number of fused-ring (bicyclic) bond motifs is 1. The van der Waals surface area contributed by atoms with Crippen LogP contribution in [-0.2, 0) is 0 Å². The molecule has 0 saturated carbocycles. The Bertz CT molecular complexity index is 975. The van der Waals surface area contributed by atoms with Crippen LogP contribution in [0.5, 0.6) is 0 Å². The molecule has 0 saturated heterocycles. The summed E-state index contributed by atoms with van der Waals surface area (Å²) in [4.78, 5) is 4.84. The molecule has 25 heavy (non-hydrogen) atoms. The van der Waals surface area contributed by atoms with Gasteiger partial charge in [-0.25, -0.2) is 13.8 Å². The van der Waals surface area contributed by atoms with E-state index >= 15 is 0 Å². The largest absolute Gasteiger partial charge is 0.510 e. The van der Waals surface area contributed by atoms with E-state index in [0.717, 1.165) is 34.1 Å².